The molecule has 5 heteroatoms. The first kappa shape index (κ1) is 15.7. The van der Waals surface area contributed by atoms with Crippen LogP contribution in [0.25, 0.3) is 0 Å². The van der Waals surface area contributed by atoms with E-state index < -0.39 is 0 Å². The third kappa shape index (κ3) is 5.07. The third-order valence-electron chi connectivity index (χ3n) is 2.39. The molecule has 0 spiro atoms. The Bertz CT molecular complexity index is 430. The van der Waals surface area contributed by atoms with Gasteiger partial charge in [0.2, 0.25) is 0 Å². The maximum Gasteiger partial charge on any atom is 0.0855 e. The number of hydrogen-bond donors (Lipinski definition) is 1. The van der Waals surface area contributed by atoms with Gasteiger partial charge in [-0.15, -0.1) is 11.8 Å². The minimum Gasteiger partial charge on any atom is -0.316 e. The molecule has 0 aliphatic carbocycles. The SMILES string of the molecule is CCCNCCc1cc(SCC#N)c(Cl)cc1Cl. The number of thioether (sulfide) groups is 1. The molecule has 0 atom stereocenters. The van der Waals surface area contributed by atoms with Crippen LogP contribution in [0, 0.1) is 11.3 Å². The Kier molecular flexibility index (Phi) is 7.53. The van der Waals surface area contributed by atoms with Crippen LogP contribution in [0.4, 0.5) is 0 Å². The highest BCUT2D eigenvalue weighted by atomic mass is 35.5. The van der Waals surface area contributed by atoms with E-state index in [0.29, 0.717) is 15.8 Å². The lowest BCUT2D eigenvalue weighted by molar-refractivity contribution is 0.671. The van der Waals surface area contributed by atoms with E-state index in [4.69, 9.17) is 28.5 Å². The number of rotatable bonds is 7. The fourth-order valence-electron chi connectivity index (χ4n) is 1.51. The van der Waals surface area contributed by atoms with Gasteiger partial charge >= 0.3 is 0 Å². The molecule has 0 amide bonds. The van der Waals surface area contributed by atoms with Crippen molar-refractivity contribution >= 4 is 35.0 Å². The Morgan fingerprint density at radius 3 is 2.72 bits per heavy atom. The summed E-state index contributed by atoms with van der Waals surface area (Å²) in [5.41, 5.74) is 1.07. The summed E-state index contributed by atoms with van der Waals surface area (Å²) in [5, 5.41) is 13.2. The zero-order valence-corrected chi connectivity index (χ0v) is 12.6. The van der Waals surface area contributed by atoms with Crippen molar-refractivity contribution in [2.24, 2.45) is 0 Å². The van der Waals surface area contributed by atoms with Crippen molar-refractivity contribution < 1.29 is 0 Å². The van der Waals surface area contributed by atoms with E-state index in [1.54, 1.807) is 6.07 Å². The molecule has 0 heterocycles. The minimum atomic E-state index is 0.398. The van der Waals surface area contributed by atoms with Crippen LogP contribution in [0.5, 0.6) is 0 Å². The Labute approximate surface area is 123 Å². The van der Waals surface area contributed by atoms with Gasteiger partial charge in [-0.2, -0.15) is 5.26 Å². The van der Waals surface area contributed by atoms with Gasteiger partial charge in [-0.1, -0.05) is 30.1 Å². The number of nitriles is 1. The van der Waals surface area contributed by atoms with Crippen LogP contribution >= 0.6 is 35.0 Å². The predicted molar refractivity (Wildman–Crippen MR) is 79.7 cm³/mol. The maximum atomic E-state index is 8.59. The minimum absolute atomic E-state index is 0.398. The number of nitrogens with zero attached hydrogens (tertiary/aromatic N) is 1. The molecular formula is C13H16Cl2N2S. The zero-order chi connectivity index (χ0) is 13.4. The average Bonchev–Trinajstić information content (AvgIpc) is 2.35. The molecule has 1 N–H and O–H groups in total. The molecule has 1 aromatic carbocycles. The standard InChI is InChI=1S/C13H16Cl2N2S/c1-2-5-17-6-3-10-8-13(18-7-4-16)12(15)9-11(10)14/h8-9,17H,2-3,5-7H2,1H3. The third-order valence-corrected chi connectivity index (χ3v) is 4.09. The summed E-state index contributed by atoms with van der Waals surface area (Å²) in [4.78, 5) is 0.924. The second kappa shape index (κ2) is 8.66. The Morgan fingerprint density at radius 2 is 2.06 bits per heavy atom. The smallest absolute Gasteiger partial charge is 0.0855 e. The van der Waals surface area contributed by atoms with Gasteiger partial charge < -0.3 is 5.32 Å². The van der Waals surface area contributed by atoms with Crippen LogP contribution in [0.2, 0.25) is 10.0 Å². The highest BCUT2D eigenvalue weighted by molar-refractivity contribution is 7.99. The quantitative estimate of drug-likeness (QED) is 0.607. The van der Waals surface area contributed by atoms with Crippen LogP contribution in [0.1, 0.15) is 18.9 Å². The van der Waals surface area contributed by atoms with Crippen LogP contribution in [0.3, 0.4) is 0 Å². The van der Waals surface area contributed by atoms with Crippen LogP contribution in [-0.4, -0.2) is 18.8 Å². The molecule has 0 saturated carbocycles. The van der Waals surface area contributed by atoms with Crippen molar-refractivity contribution in [2.45, 2.75) is 24.7 Å². The van der Waals surface area contributed by atoms with Crippen LogP contribution in [0.15, 0.2) is 17.0 Å². The average molecular weight is 303 g/mol. The molecular weight excluding hydrogens is 287 g/mol. The van der Waals surface area contributed by atoms with Gasteiger partial charge in [0, 0.05) is 9.92 Å². The molecule has 0 aliphatic rings. The van der Waals surface area contributed by atoms with Crippen LogP contribution < -0.4 is 5.32 Å². The second-order valence-corrected chi connectivity index (χ2v) is 5.65. The number of nitrogens with one attached hydrogen (secondary N) is 1. The van der Waals surface area contributed by atoms with Crippen molar-refractivity contribution in [1.29, 1.82) is 5.26 Å². The molecule has 0 unspecified atom stereocenters. The molecule has 0 aromatic heterocycles. The first-order chi connectivity index (χ1) is 8.69. The Balaban J connectivity index is 2.69. The zero-order valence-electron chi connectivity index (χ0n) is 10.3. The van der Waals surface area contributed by atoms with E-state index in [1.807, 2.05) is 6.07 Å². The van der Waals surface area contributed by atoms with Crippen molar-refractivity contribution in [3.8, 4) is 6.07 Å². The molecule has 0 saturated heterocycles. The molecule has 1 aromatic rings. The fraction of sp³-hybridized carbons (Fsp3) is 0.462. The molecule has 2 nitrogen and oxygen atoms in total. The van der Waals surface area contributed by atoms with Crippen molar-refractivity contribution in [2.75, 3.05) is 18.8 Å². The van der Waals surface area contributed by atoms with Gasteiger partial charge in [-0.05, 0) is 43.6 Å². The van der Waals surface area contributed by atoms with Gasteiger partial charge in [0.15, 0.2) is 0 Å². The predicted octanol–water partition coefficient (Wildman–Crippen LogP) is 4.15. The molecule has 1 rings (SSSR count). The molecule has 18 heavy (non-hydrogen) atoms. The van der Waals surface area contributed by atoms with E-state index in [2.05, 4.69) is 18.3 Å². The van der Waals surface area contributed by atoms with Crippen molar-refractivity contribution in [3.63, 3.8) is 0 Å². The molecule has 0 aliphatic heterocycles. The van der Waals surface area contributed by atoms with E-state index in [1.165, 1.54) is 11.8 Å². The largest absolute Gasteiger partial charge is 0.316 e. The Morgan fingerprint density at radius 1 is 1.28 bits per heavy atom. The van der Waals surface area contributed by atoms with Gasteiger partial charge in [0.25, 0.3) is 0 Å². The summed E-state index contributed by atoms with van der Waals surface area (Å²) in [5.74, 6) is 0.398. The van der Waals surface area contributed by atoms with Gasteiger partial charge in [-0.25, -0.2) is 0 Å². The molecule has 98 valence electrons. The van der Waals surface area contributed by atoms with Crippen LogP contribution in [-0.2, 0) is 6.42 Å². The van der Waals surface area contributed by atoms with Gasteiger partial charge in [-0.3, -0.25) is 0 Å². The first-order valence-electron chi connectivity index (χ1n) is 5.87. The summed E-state index contributed by atoms with van der Waals surface area (Å²) in [7, 11) is 0. The summed E-state index contributed by atoms with van der Waals surface area (Å²) in [6, 6.07) is 5.84. The van der Waals surface area contributed by atoms with Gasteiger partial charge in [0.05, 0.1) is 16.8 Å². The van der Waals surface area contributed by atoms with Crippen molar-refractivity contribution in [3.05, 3.63) is 27.7 Å². The number of benzene rings is 1. The normalized spacial score (nSPS) is 10.3. The Hall–Kier alpha value is -0.400. The lowest BCUT2D eigenvalue weighted by atomic mass is 10.1. The summed E-state index contributed by atoms with van der Waals surface area (Å²) in [6.07, 6.45) is 1.99. The van der Waals surface area contributed by atoms with Crippen molar-refractivity contribution in [1.82, 2.24) is 5.32 Å². The maximum absolute atomic E-state index is 8.59. The topological polar surface area (TPSA) is 35.8 Å². The van der Waals surface area contributed by atoms with E-state index in [9.17, 15) is 0 Å². The summed E-state index contributed by atoms with van der Waals surface area (Å²) < 4.78 is 0. The highest BCUT2D eigenvalue weighted by Crippen LogP contribution is 2.32. The summed E-state index contributed by atoms with van der Waals surface area (Å²) in [6.45, 7) is 4.05. The van der Waals surface area contributed by atoms with E-state index >= 15 is 0 Å². The lowest BCUT2D eigenvalue weighted by Gasteiger charge is -2.09. The number of halogens is 2. The monoisotopic (exact) mass is 302 g/mol. The summed E-state index contributed by atoms with van der Waals surface area (Å²) >= 11 is 13.7. The molecule has 0 bridgehead atoms. The van der Waals surface area contributed by atoms with Gasteiger partial charge in [0.1, 0.15) is 0 Å². The second-order valence-electron chi connectivity index (χ2n) is 3.82. The lowest BCUT2D eigenvalue weighted by Crippen LogP contribution is -2.17. The number of hydrogen-bond acceptors (Lipinski definition) is 3. The highest BCUT2D eigenvalue weighted by Gasteiger charge is 2.07. The van der Waals surface area contributed by atoms with E-state index in [0.717, 1.165) is 36.4 Å². The molecule has 0 fully saturated rings. The fourth-order valence-corrected chi connectivity index (χ4v) is 2.79. The van der Waals surface area contributed by atoms with E-state index in [-0.39, 0.29) is 0 Å². The first-order valence-corrected chi connectivity index (χ1v) is 7.61. The molecule has 0 radical (unpaired) electrons.